The van der Waals surface area contributed by atoms with Crippen LogP contribution in [-0.2, 0) is 4.79 Å². The van der Waals surface area contributed by atoms with Crippen LogP contribution in [0.25, 0.3) is 0 Å². The van der Waals surface area contributed by atoms with Crippen molar-refractivity contribution in [1.29, 1.82) is 0 Å². The summed E-state index contributed by atoms with van der Waals surface area (Å²) in [6, 6.07) is 1.52. The number of carbonyl (C=O) groups is 2. The lowest BCUT2D eigenvalue weighted by atomic mass is 10.1. The number of aliphatic carboxylic acids is 1. The maximum absolute atomic E-state index is 12.0. The predicted octanol–water partition coefficient (Wildman–Crippen LogP) is 3.03. The average Bonchev–Trinajstić information content (AvgIpc) is 2.85. The minimum atomic E-state index is -0.859. The Labute approximate surface area is 124 Å². The summed E-state index contributed by atoms with van der Waals surface area (Å²) in [5.41, 5.74) is 0.555. The lowest BCUT2D eigenvalue weighted by molar-refractivity contribution is -0.140. The minimum Gasteiger partial charge on any atom is -0.481 e. The molecular weight excluding hydrogens is 386 g/mol. The highest BCUT2D eigenvalue weighted by Gasteiger charge is 2.26. The molecule has 0 spiro atoms. The fraction of sp³-hybridized carbons (Fsp3) is 0.273. The fourth-order valence-corrected chi connectivity index (χ4v) is 4.52. The first kappa shape index (κ1) is 13.8. The fourth-order valence-electron chi connectivity index (χ4n) is 1.73. The Kier molecular flexibility index (Phi) is 4.24. The zero-order valence-electron chi connectivity index (χ0n) is 9.02. The van der Waals surface area contributed by atoms with Crippen LogP contribution in [0.2, 0.25) is 0 Å². The van der Waals surface area contributed by atoms with E-state index in [2.05, 4.69) is 37.2 Å². The Morgan fingerprint density at radius 2 is 2.11 bits per heavy atom. The third-order valence-electron chi connectivity index (χ3n) is 2.62. The molecule has 4 nitrogen and oxygen atoms in total. The van der Waals surface area contributed by atoms with Crippen molar-refractivity contribution in [3.05, 3.63) is 31.4 Å². The molecule has 2 atom stereocenters. The molecule has 0 aliphatic heterocycles. The van der Waals surface area contributed by atoms with Crippen LogP contribution in [0, 0.1) is 5.92 Å². The van der Waals surface area contributed by atoms with Gasteiger partial charge >= 0.3 is 5.97 Å². The SMILES string of the molecule is O=C(NC1C=CC(C(=O)O)C1)c1cc(Br)sc1Br. The molecule has 0 aromatic carbocycles. The monoisotopic (exact) mass is 393 g/mol. The molecule has 0 radical (unpaired) electrons. The third-order valence-corrected chi connectivity index (χ3v) is 4.96. The summed E-state index contributed by atoms with van der Waals surface area (Å²) >= 11 is 8.05. The number of amides is 1. The van der Waals surface area contributed by atoms with Gasteiger partial charge in [-0.15, -0.1) is 11.3 Å². The van der Waals surface area contributed by atoms with Gasteiger partial charge in [0.2, 0.25) is 0 Å². The van der Waals surface area contributed by atoms with Crippen LogP contribution in [0.4, 0.5) is 0 Å². The zero-order chi connectivity index (χ0) is 13.3. The largest absolute Gasteiger partial charge is 0.481 e. The molecule has 96 valence electrons. The number of nitrogens with one attached hydrogen (secondary N) is 1. The highest BCUT2D eigenvalue weighted by Crippen LogP contribution is 2.32. The van der Waals surface area contributed by atoms with Gasteiger partial charge in [0.25, 0.3) is 5.91 Å². The summed E-state index contributed by atoms with van der Waals surface area (Å²) in [4.78, 5) is 22.8. The van der Waals surface area contributed by atoms with Gasteiger partial charge in [-0.25, -0.2) is 0 Å². The van der Waals surface area contributed by atoms with Crippen molar-refractivity contribution in [3.63, 3.8) is 0 Å². The molecule has 1 aliphatic carbocycles. The number of hydrogen-bond donors (Lipinski definition) is 2. The molecule has 1 amide bonds. The standard InChI is InChI=1S/C11H9Br2NO3S/c12-8-4-7(9(13)18-8)10(15)14-6-2-1-5(3-6)11(16)17/h1-2,4-6H,3H2,(H,14,15)(H,16,17). The normalized spacial score (nSPS) is 22.1. The Bertz CT molecular complexity index is 526. The molecule has 0 saturated heterocycles. The van der Waals surface area contributed by atoms with Crippen molar-refractivity contribution in [1.82, 2.24) is 5.32 Å². The van der Waals surface area contributed by atoms with Crippen LogP contribution in [0.15, 0.2) is 25.8 Å². The van der Waals surface area contributed by atoms with Crippen LogP contribution in [0.3, 0.4) is 0 Å². The van der Waals surface area contributed by atoms with Crippen LogP contribution >= 0.6 is 43.2 Å². The number of halogens is 2. The van der Waals surface area contributed by atoms with E-state index in [0.29, 0.717) is 12.0 Å². The number of carbonyl (C=O) groups excluding carboxylic acids is 1. The molecule has 1 aliphatic rings. The van der Waals surface area contributed by atoms with E-state index >= 15 is 0 Å². The highest BCUT2D eigenvalue weighted by atomic mass is 79.9. The van der Waals surface area contributed by atoms with Crippen molar-refractivity contribution >= 4 is 55.1 Å². The van der Waals surface area contributed by atoms with Gasteiger partial charge in [0.05, 0.1) is 19.1 Å². The average molecular weight is 395 g/mol. The molecule has 0 saturated carbocycles. The van der Waals surface area contributed by atoms with E-state index in [1.165, 1.54) is 11.3 Å². The summed E-state index contributed by atoms with van der Waals surface area (Å²) in [7, 11) is 0. The number of carboxylic acids is 1. The van der Waals surface area contributed by atoms with E-state index in [9.17, 15) is 9.59 Å². The van der Waals surface area contributed by atoms with E-state index in [1.807, 2.05) is 0 Å². The number of hydrogen-bond acceptors (Lipinski definition) is 3. The first-order valence-corrected chi connectivity index (χ1v) is 7.54. The van der Waals surface area contributed by atoms with E-state index in [1.54, 1.807) is 18.2 Å². The smallest absolute Gasteiger partial charge is 0.310 e. The summed E-state index contributed by atoms with van der Waals surface area (Å²) < 4.78 is 1.62. The first-order valence-electron chi connectivity index (χ1n) is 5.14. The number of thiophene rings is 1. The van der Waals surface area contributed by atoms with Crippen molar-refractivity contribution in [2.75, 3.05) is 0 Å². The predicted molar refractivity (Wildman–Crippen MR) is 75.9 cm³/mol. The Morgan fingerprint density at radius 1 is 1.39 bits per heavy atom. The molecule has 2 unspecified atom stereocenters. The topological polar surface area (TPSA) is 66.4 Å². The van der Waals surface area contributed by atoms with Crippen molar-refractivity contribution in [3.8, 4) is 0 Å². The highest BCUT2D eigenvalue weighted by molar-refractivity contribution is 9.12. The molecule has 7 heteroatoms. The van der Waals surface area contributed by atoms with Gasteiger partial charge in [-0.2, -0.15) is 0 Å². The van der Waals surface area contributed by atoms with E-state index in [4.69, 9.17) is 5.11 Å². The molecule has 1 aromatic heterocycles. The molecule has 2 N–H and O–H groups in total. The first-order chi connectivity index (χ1) is 8.47. The van der Waals surface area contributed by atoms with Crippen LogP contribution in [0.5, 0.6) is 0 Å². The summed E-state index contributed by atoms with van der Waals surface area (Å²) in [6.45, 7) is 0. The Morgan fingerprint density at radius 3 is 2.61 bits per heavy atom. The Balaban J connectivity index is 2.00. The molecule has 1 heterocycles. The summed E-state index contributed by atoms with van der Waals surface area (Å²) in [5.74, 6) is -1.57. The second kappa shape index (κ2) is 5.54. The summed E-state index contributed by atoms with van der Waals surface area (Å²) in [5, 5.41) is 11.7. The maximum atomic E-state index is 12.0. The second-order valence-electron chi connectivity index (χ2n) is 3.88. The van der Waals surface area contributed by atoms with Crippen LogP contribution in [-0.4, -0.2) is 23.0 Å². The molecule has 2 rings (SSSR count). The number of carboxylic acid groups (broad SMARTS) is 1. The molecular formula is C11H9Br2NO3S. The van der Waals surface area contributed by atoms with E-state index < -0.39 is 11.9 Å². The molecule has 1 aromatic rings. The lowest BCUT2D eigenvalue weighted by Crippen LogP contribution is -2.33. The lowest BCUT2D eigenvalue weighted by Gasteiger charge is -2.11. The molecule has 18 heavy (non-hydrogen) atoms. The molecule has 0 bridgehead atoms. The maximum Gasteiger partial charge on any atom is 0.310 e. The van der Waals surface area contributed by atoms with Crippen LogP contribution < -0.4 is 5.32 Å². The third kappa shape index (κ3) is 3.02. The van der Waals surface area contributed by atoms with Gasteiger partial charge in [-0.3, -0.25) is 9.59 Å². The van der Waals surface area contributed by atoms with Gasteiger partial charge in [-0.05, 0) is 44.3 Å². The van der Waals surface area contributed by atoms with Crippen molar-refractivity contribution < 1.29 is 14.7 Å². The minimum absolute atomic E-state index is 0.204. The molecule has 0 fully saturated rings. The van der Waals surface area contributed by atoms with Gasteiger partial charge in [0, 0.05) is 6.04 Å². The Hall–Kier alpha value is -0.660. The van der Waals surface area contributed by atoms with Gasteiger partial charge in [0.15, 0.2) is 0 Å². The van der Waals surface area contributed by atoms with Crippen molar-refractivity contribution in [2.24, 2.45) is 5.92 Å². The van der Waals surface area contributed by atoms with E-state index in [0.717, 1.165) is 7.57 Å². The summed E-state index contributed by atoms with van der Waals surface area (Å²) in [6.07, 6.45) is 3.75. The van der Waals surface area contributed by atoms with Gasteiger partial charge < -0.3 is 10.4 Å². The van der Waals surface area contributed by atoms with Gasteiger partial charge in [0.1, 0.15) is 0 Å². The van der Waals surface area contributed by atoms with E-state index in [-0.39, 0.29) is 11.9 Å². The number of rotatable bonds is 3. The van der Waals surface area contributed by atoms with Crippen LogP contribution in [0.1, 0.15) is 16.8 Å². The van der Waals surface area contributed by atoms with Crippen molar-refractivity contribution in [2.45, 2.75) is 12.5 Å². The zero-order valence-corrected chi connectivity index (χ0v) is 13.0. The second-order valence-corrected chi connectivity index (χ2v) is 7.63. The quantitative estimate of drug-likeness (QED) is 0.774. The van der Waals surface area contributed by atoms with Gasteiger partial charge in [-0.1, -0.05) is 12.2 Å².